The number of ketones is 2. The van der Waals surface area contributed by atoms with E-state index in [1.54, 1.807) is 0 Å². The van der Waals surface area contributed by atoms with Crippen LogP contribution in [0.15, 0.2) is 18.6 Å². The molecule has 0 saturated carbocycles. The predicted octanol–water partition coefficient (Wildman–Crippen LogP) is 2.45. The van der Waals surface area contributed by atoms with Crippen molar-refractivity contribution in [1.82, 2.24) is 9.97 Å². The molecule has 0 bridgehead atoms. The van der Waals surface area contributed by atoms with Crippen LogP contribution in [0.3, 0.4) is 0 Å². The standard InChI is InChI=1S/C12H13F3N2O2/c1-11(2,3)10(19)8(12(13,14)15)9(18)7-4-5-16-6-17-7/h4-6,8H,1-3H3. The second-order valence-electron chi connectivity index (χ2n) is 5.05. The van der Waals surface area contributed by atoms with Gasteiger partial charge in [-0.05, 0) is 6.07 Å². The smallest absolute Gasteiger partial charge is 0.298 e. The summed E-state index contributed by atoms with van der Waals surface area (Å²) >= 11 is 0. The lowest BCUT2D eigenvalue weighted by Gasteiger charge is -2.25. The molecule has 4 nitrogen and oxygen atoms in total. The Bertz CT molecular complexity index is 478. The van der Waals surface area contributed by atoms with Gasteiger partial charge in [0.2, 0.25) is 5.78 Å². The van der Waals surface area contributed by atoms with Gasteiger partial charge < -0.3 is 0 Å². The summed E-state index contributed by atoms with van der Waals surface area (Å²) in [5.74, 6) is -5.22. The van der Waals surface area contributed by atoms with E-state index in [0.717, 1.165) is 18.6 Å². The van der Waals surface area contributed by atoms with Gasteiger partial charge in [-0.3, -0.25) is 9.59 Å². The molecule has 7 heteroatoms. The number of hydrogen-bond acceptors (Lipinski definition) is 4. The van der Waals surface area contributed by atoms with Gasteiger partial charge in [-0.2, -0.15) is 13.2 Å². The zero-order chi connectivity index (χ0) is 14.8. The zero-order valence-corrected chi connectivity index (χ0v) is 10.7. The fourth-order valence-electron chi connectivity index (χ4n) is 1.43. The molecule has 0 aliphatic rings. The lowest BCUT2D eigenvalue weighted by Crippen LogP contribution is -2.43. The maximum atomic E-state index is 13.0. The monoisotopic (exact) mass is 274 g/mol. The van der Waals surface area contributed by atoms with E-state index >= 15 is 0 Å². The highest BCUT2D eigenvalue weighted by molar-refractivity contribution is 6.11. The molecule has 0 aliphatic heterocycles. The van der Waals surface area contributed by atoms with E-state index in [1.165, 1.54) is 20.8 Å². The van der Waals surface area contributed by atoms with Crippen LogP contribution in [0.4, 0.5) is 13.2 Å². The van der Waals surface area contributed by atoms with Crippen LogP contribution in [0.25, 0.3) is 0 Å². The topological polar surface area (TPSA) is 59.9 Å². The van der Waals surface area contributed by atoms with Crippen molar-refractivity contribution in [3.8, 4) is 0 Å². The number of carbonyl (C=O) groups excluding carboxylic acids is 2. The average molecular weight is 274 g/mol. The third-order valence-electron chi connectivity index (χ3n) is 2.43. The van der Waals surface area contributed by atoms with Crippen LogP contribution >= 0.6 is 0 Å². The largest absolute Gasteiger partial charge is 0.405 e. The third kappa shape index (κ3) is 3.59. The summed E-state index contributed by atoms with van der Waals surface area (Å²) in [5.41, 5.74) is -1.70. The number of aromatic nitrogens is 2. The molecule has 0 fully saturated rings. The molecule has 1 aromatic rings. The van der Waals surface area contributed by atoms with Gasteiger partial charge in [-0.15, -0.1) is 0 Å². The molecule has 0 spiro atoms. The Balaban J connectivity index is 3.21. The Morgan fingerprint density at radius 3 is 2.16 bits per heavy atom. The van der Waals surface area contributed by atoms with Gasteiger partial charge in [0.25, 0.3) is 0 Å². The van der Waals surface area contributed by atoms with Gasteiger partial charge in [0.15, 0.2) is 11.7 Å². The summed E-state index contributed by atoms with van der Waals surface area (Å²) in [6.45, 7) is 4.00. The van der Waals surface area contributed by atoms with Crippen molar-refractivity contribution in [3.05, 3.63) is 24.3 Å². The molecule has 0 saturated heterocycles. The lowest BCUT2D eigenvalue weighted by atomic mass is 9.80. The van der Waals surface area contributed by atoms with Gasteiger partial charge >= 0.3 is 6.18 Å². The van der Waals surface area contributed by atoms with E-state index in [0.29, 0.717) is 0 Å². The maximum Gasteiger partial charge on any atom is 0.405 e. The number of alkyl halides is 3. The van der Waals surface area contributed by atoms with Crippen LogP contribution in [-0.2, 0) is 4.79 Å². The van der Waals surface area contributed by atoms with Crippen molar-refractivity contribution < 1.29 is 22.8 Å². The molecule has 0 N–H and O–H groups in total. The number of nitrogens with zero attached hydrogens (tertiary/aromatic N) is 2. The second-order valence-corrected chi connectivity index (χ2v) is 5.05. The Labute approximate surface area is 108 Å². The second kappa shape index (κ2) is 5.07. The van der Waals surface area contributed by atoms with Gasteiger partial charge in [0, 0.05) is 11.6 Å². The van der Waals surface area contributed by atoms with Gasteiger partial charge in [-0.25, -0.2) is 9.97 Å². The van der Waals surface area contributed by atoms with Crippen LogP contribution in [0.5, 0.6) is 0 Å². The molecule has 0 radical (unpaired) electrons. The van der Waals surface area contributed by atoms with E-state index < -0.39 is 34.8 Å². The molecule has 0 aliphatic carbocycles. The molecule has 104 valence electrons. The van der Waals surface area contributed by atoms with Crippen molar-refractivity contribution in [2.75, 3.05) is 0 Å². The molecule has 1 atom stereocenters. The maximum absolute atomic E-state index is 13.0. The molecule has 1 heterocycles. The van der Waals surface area contributed by atoms with Gasteiger partial charge in [0.05, 0.1) is 0 Å². The van der Waals surface area contributed by atoms with Crippen LogP contribution in [0.2, 0.25) is 0 Å². The Kier molecular flexibility index (Phi) is 4.07. The van der Waals surface area contributed by atoms with Crippen LogP contribution in [0.1, 0.15) is 31.3 Å². The van der Waals surface area contributed by atoms with E-state index in [1.807, 2.05) is 0 Å². The molecular formula is C12H13F3N2O2. The molecule has 1 rings (SSSR count). The fraction of sp³-hybridized carbons (Fsp3) is 0.500. The van der Waals surface area contributed by atoms with Crippen molar-refractivity contribution in [2.45, 2.75) is 26.9 Å². The highest BCUT2D eigenvalue weighted by Crippen LogP contribution is 2.34. The molecule has 1 unspecified atom stereocenters. The average Bonchev–Trinajstić information content (AvgIpc) is 2.27. The van der Waals surface area contributed by atoms with E-state index in [9.17, 15) is 22.8 Å². The van der Waals surface area contributed by atoms with Crippen LogP contribution in [-0.4, -0.2) is 27.7 Å². The lowest BCUT2D eigenvalue weighted by molar-refractivity contribution is -0.175. The predicted molar refractivity (Wildman–Crippen MR) is 60.4 cm³/mol. The van der Waals surface area contributed by atoms with Gasteiger partial charge in [-0.1, -0.05) is 20.8 Å². The van der Waals surface area contributed by atoms with E-state index in [2.05, 4.69) is 9.97 Å². The van der Waals surface area contributed by atoms with E-state index in [4.69, 9.17) is 0 Å². The van der Waals surface area contributed by atoms with Crippen molar-refractivity contribution in [1.29, 1.82) is 0 Å². The highest BCUT2D eigenvalue weighted by Gasteiger charge is 2.52. The SMILES string of the molecule is CC(C)(C)C(=O)C(C(=O)c1ccncn1)C(F)(F)F. The quantitative estimate of drug-likeness (QED) is 0.627. The van der Waals surface area contributed by atoms with E-state index in [-0.39, 0.29) is 0 Å². The first-order valence-electron chi connectivity index (χ1n) is 5.46. The van der Waals surface area contributed by atoms with Crippen molar-refractivity contribution >= 4 is 11.6 Å². The normalized spacial score (nSPS) is 14.0. The number of halogens is 3. The molecule has 19 heavy (non-hydrogen) atoms. The summed E-state index contributed by atoms with van der Waals surface area (Å²) in [5, 5.41) is 0. The minimum absolute atomic E-state index is 0.421. The minimum atomic E-state index is -4.94. The summed E-state index contributed by atoms with van der Waals surface area (Å²) in [4.78, 5) is 30.7. The van der Waals surface area contributed by atoms with Crippen LogP contribution < -0.4 is 0 Å². The first-order chi connectivity index (χ1) is 8.55. The molecule has 0 amide bonds. The van der Waals surface area contributed by atoms with Crippen molar-refractivity contribution in [2.24, 2.45) is 11.3 Å². The van der Waals surface area contributed by atoms with Gasteiger partial charge in [0.1, 0.15) is 12.0 Å². The number of hydrogen-bond donors (Lipinski definition) is 0. The van der Waals surface area contributed by atoms with Crippen LogP contribution in [0, 0.1) is 11.3 Å². The third-order valence-corrected chi connectivity index (χ3v) is 2.43. The summed E-state index contributed by atoms with van der Waals surface area (Å²) in [7, 11) is 0. The fourth-order valence-corrected chi connectivity index (χ4v) is 1.43. The Morgan fingerprint density at radius 1 is 1.21 bits per heavy atom. The molecular weight excluding hydrogens is 261 g/mol. The number of Topliss-reactive ketones (excluding diaryl/α,β-unsaturated/α-hetero) is 2. The minimum Gasteiger partial charge on any atom is -0.298 e. The zero-order valence-electron chi connectivity index (χ0n) is 10.7. The summed E-state index contributed by atoms with van der Waals surface area (Å²) < 4.78 is 38.9. The molecule has 1 aromatic heterocycles. The Hall–Kier alpha value is -1.79. The number of rotatable bonds is 3. The Morgan fingerprint density at radius 2 is 1.79 bits per heavy atom. The highest BCUT2D eigenvalue weighted by atomic mass is 19.4. The van der Waals surface area contributed by atoms with Crippen molar-refractivity contribution in [3.63, 3.8) is 0 Å². The first-order valence-corrected chi connectivity index (χ1v) is 5.46. The first kappa shape index (κ1) is 15.3. The summed E-state index contributed by atoms with van der Waals surface area (Å²) in [6.07, 6.45) is -2.83. The number of carbonyl (C=O) groups is 2. The summed E-state index contributed by atoms with van der Waals surface area (Å²) in [6, 6.07) is 1.05. The molecule has 0 aromatic carbocycles.